The zero-order chi connectivity index (χ0) is 13.1. The molecule has 1 heterocycles. The van der Waals surface area contributed by atoms with Gasteiger partial charge in [-0.25, -0.2) is 0 Å². The van der Waals surface area contributed by atoms with Gasteiger partial charge in [-0.05, 0) is 20.3 Å². The molecule has 0 aliphatic carbocycles. The number of halogens is 1. The van der Waals surface area contributed by atoms with Crippen LogP contribution < -0.4 is 0 Å². The van der Waals surface area contributed by atoms with Gasteiger partial charge in [-0.15, -0.1) is 0 Å². The Morgan fingerprint density at radius 2 is 1.65 bits per heavy atom. The molecule has 2 amide bonds. The van der Waals surface area contributed by atoms with Gasteiger partial charge in [0.25, 0.3) is 0 Å². The van der Waals surface area contributed by atoms with E-state index in [-0.39, 0.29) is 11.8 Å². The molecule has 1 aliphatic heterocycles. The first-order valence-corrected chi connectivity index (χ1v) is 6.91. The normalized spacial score (nSPS) is 17.9. The van der Waals surface area contributed by atoms with Crippen molar-refractivity contribution in [2.75, 3.05) is 26.2 Å². The quantitative estimate of drug-likeness (QED) is 0.728. The largest absolute Gasteiger partial charge is 0.341 e. The maximum atomic E-state index is 12.1. The number of carbonyl (C=O) groups excluding carboxylic acids is 2. The Kier molecular flexibility index (Phi) is 4.98. The summed E-state index contributed by atoms with van der Waals surface area (Å²) < 4.78 is -0.517. The molecule has 0 saturated carbocycles. The second kappa shape index (κ2) is 5.85. The molecule has 1 rings (SSSR count). The Morgan fingerprint density at radius 1 is 1.12 bits per heavy atom. The summed E-state index contributed by atoms with van der Waals surface area (Å²) in [6.07, 6.45) is 1.40. The average Bonchev–Trinajstić information content (AvgIpc) is 2.51. The lowest BCUT2D eigenvalue weighted by atomic mass is 10.2. The highest BCUT2D eigenvalue weighted by molar-refractivity contribution is 9.10. The number of alkyl halides is 1. The fourth-order valence-corrected chi connectivity index (χ4v) is 2.22. The van der Waals surface area contributed by atoms with E-state index in [1.54, 1.807) is 0 Å². The van der Waals surface area contributed by atoms with Gasteiger partial charge >= 0.3 is 0 Å². The summed E-state index contributed by atoms with van der Waals surface area (Å²) in [5.74, 6) is 0.278. The minimum Gasteiger partial charge on any atom is -0.341 e. The van der Waals surface area contributed by atoms with Crippen LogP contribution >= 0.6 is 15.9 Å². The first-order valence-electron chi connectivity index (χ1n) is 6.12. The van der Waals surface area contributed by atoms with Gasteiger partial charge in [-0.1, -0.05) is 22.9 Å². The number of nitrogens with zero attached hydrogens (tertiary/aromatic N) is 2. The zero-order valence-electron chi connectivity index (χ0n) is 10.8. The molecule has 0 aromatic carbocycles. The Hall–Kier alpha value is -0.580. The molecule has 0 unspecified atom stereocenters. The number of rotatable bonds is 2. The fourth-order valence-electron chi connectivity index (χ4n) is 1.97. The second-order valence-corrected chi connectivity index (χ2v) is 6.84. The highest BCUT2D eigenvalue weighted by Gasteiger charge is 2.30. The maximum Gasteiger partial charge on any atom is 0.238 e. The maximum absolute atomic E-state index is 12.1. The molecular formula is C12H21BrN2O2. The molecule has 0 spiro atoms. The lowest BCUT2D eigenvalue weighted by molar-refractivity contribution is -0.134. The molecule has 0 radical (unpaired) electrons. The summed E-state index contributed by atoms with van der Waals surface area (Å²) in [5, 5.41) is 0. The fraction of sp³-hybridized carbons (Fsp3) is 0.833. The van der Waals surface area contributed by atoms with Gasteiger partial charge < -0.3 is 9.80 Å². The summed E-state index contributed by atoms with van der Waals surface area (Å²) in [7, 11) is 0. The van der Waals surface area contributed by atoms with Crippen molar-refractivity contribution in [2.24, 2.45) is 0 Å². The van der Waals surface area contributed by atoms with Crippen LogP contribution in [0.5, 0.6) is 0 Å². The second-order valence-electron chi connectivity index (χ2n) is 4.85. The van der Waals surface area contributed by atoms with Crippen LogP contribution in [0.1, 0.15) is 33.6 Å². The van der Waals surface area contributed by atoms with E-state index in [0.29, 0.717) is 19.5 Å². The average molecular weight is 305 g/mol. The summed E-state index contributed by atoms with van der Waals surface area (Å²) in [6, 6.07) is 0. The van der Waals surface area contributed by atoms with E-state index < -0.39 is 4.32 Å². The topological polar surface area (TPSA) is 40.6 Å². The third-order valence-corrected chi connectivity index (χ3v) is 3.29. The van der Waals surface area contributed by atoms with Crippen molar-refractivity contribution in [3.63, 3.8) is 0 Å². The Bertz CT molecular complexity index is 299. The van der Waals surface area contributed by atoms with E-state index in [0.717, 1.165) is 19.5 Å². The highest BCUT2D eigenvalue weighted by atomic mass is 79.9. The van der Waals surface area contributed by atoms with E-state index in [1.807, 2.05) is 30.6 Å². The molecule has 0 atom stereocenters. The van der Waals surface area contributed by atoms with Crippen molar-refractivity contribution in [1.82, 2.24) is 9.80 Å². The van der Waals surface area contributed by atoms with Crippen molar-refractivity contribution < 1.29 is 9.59 Å². The first-order chi connectivity index (χ1) is 7.86. The molecule has 1 aliphatic rings. The van der Waals surface area contributed by atoms with E-state index in [2.05, 4.69) is 15.9 Å². The number of hydrogen-bond donors (Lipinski definition) is 0. The monoisotopic (exact) mass is 304 g/mol. The number of hydrogen-bond acceptors (Lipinski definition) is 2. The Balaban J connectivity index is 2.59. The first kappa shape index (κ1) is 14.5. The van der Waals surface area contributed by atoms with Crippen molar-refractivity contribution in [3.05, 3.63) is 0 Å². The zero-order valence-corrected chi connectivity index (χ0v) is 12.4. The molecule has 5 heteroatoms. The van der Waals surface area contributed by atoms with E-state index >= 15 is 0 Å². The molecule has 1 fully saturated rings. The summed E-state index contributed by atoms with van der Waals surface area (Å²) in [4.78, 5) is 27.4. The van der Waals surface area contributed by atoms with Crippen LogP contribution in [0.2, 0.25) is 0 Å². The van der Waals surface area contributed by atoms with Crippen molar-refractivity contribution >= 4 is 27.7 Å². The van der Waals surface area contributed by atoms with E-state index in [9.17, 15) is 9.59 Å². The molecule has 4 nitrogen and oxygen atoms in total. The van der Waals surface area contributed by atoms with E-state index in [4.69, 9.17) is 0 Å². The minimum atomic E-state index is -0.517. The van der Waals surface area contributed by atoms with Gasteiger partial charge in [0.2, 0.25) is 11.8 Å². The number of carbonyl (C=O) groups is 2. The summed E-state index contributed by atoms with van der Waals surface area (Å²) >= 11 is 3.39. The van der Waals surface area contributed by atoms with Gasteiger partial charge in [-0.3, -0.25) is 9.59 Å². The van der Waals surface area contributed by atoms with Crippen LogP contribution in [-0.4, -0.2) is 52.1 Å². The van der Waals surface area contributed by atoms with Crippen molar-refractivity contribution in [1.29, 1.82) is 0 Å². The standard InChI is InChI=1S/C12H21BrN2O2/c1-4-10(16)14-6-5-7-15(9-8-14)11(17)12(2,3)13/h4-9H2,1-3H3. The van der Waals surface area contributed by atoms with Crippen LogP contribution in [0, 0.1) is 0 Å². The smallest absolute Gasteiger partial charge is 0.238 e. The highest BCUT2D eigenvalue weighted by Crippen LogP contribution is 2.20. The van der Waals surface area contributed by atoms with Crippen LogP contribution in [0.25, 0.3) is 0 Å². The van der Waals surface area contributed by atoms with Crippen LogP contribution in [0.4, 0.5) is 0 Å². The molecule has 98 valence electrons. The SMILES string of the molecule is CCC(=O)N1CCCN(C(=O)C(C)(C)Br)CC1. The lowest BCUT2D eigenvalue weighted by Gasteiger charge is -2.27. The summed E-state index contributed by atoms with van der Waals surface area (Å²) in [6.45, 7) is 8.38. The Labute approximate surface area is 111 Å². The summed E-state index contributed by atoms with van der Waals surface area (Å²) in [5.41, 5.74) is 0. The molecule has 0 aromatic rings. The molecular weight excluding hydrogens is 284 g/mol. The molecule has 0 N–H and O–H groups in total. The molecule has 17 heavy (non-hydrogen) atoms. The van der Waals surface area contributed by atoms with Gasteiger partial charge in [0.05, 0.1) is 4.32 Å². The van der Waals surface area contributed by atoms with Gasteiger partial charge in [0, 0.05) is 32.6 Å². The lowest BCUT2D eigenvalue weighted by Crippen LogP contribution is -2.43. The number of amides is 2. The van der Waals surface area contributed by atoms with Gasteiger partial charge in [-0.2, -0.15) is 0 Å². The van der Waals surface area contributed by atoms with E-state index in [1.165, 1.54) is 0 Å². The van der Waals surface area contributed by atoms with Crippen LogP contribution in [0.15, 0.2) is 0 Å². The van der Waals surface area contributed by atoms with Crippen LogP contribution in [0.3, 0.4) is 0 Å². The predicted molar refractivity (Wildman–Crippen MR) is 71.1 cm³/mol. The minimum absolute atomic E-state index is 0.100. The third-order valence-electron chi connectivity index (χ3n) is 2.95. The third kappa shape index (κ3) is 3.98. The van der Waals surface area contributed by atoms with Crippen molar-refractivity contribution in [3.8, 4) is 0 Å². The molecule has 1 saturated heterocycles. The predicted octanol–water partition coefficient (Wildman–Crippen LogP) is 1.63. The van der Waals surface area contributed by atoms with Crippen LogP contribution in [-0.2, 0) is 9.59 Å². The molecule has 0 bridgehead atoms. The van der Waals surface area contributed by atoms with Crippen molar-refractivity contribution in [2.45, 2.75) is 37.9 Å². The molecule has 0 aromatic heterocycles. The van der Waals surface area contributed by atoms with Gasteiger partial charge in [0.15, 0.2) is 0 Å². The Morgan fingerprint density at radius 3 is 2.18 bits per heavy atom. The van der Waals surface area contributed by atoms with Gasteiger partial charge in [0.1, 0.15) is 0 Å².